The van der Waals surface area contributed by atoms with Crippen LogP contribution >= 0.6 is 0 Å². The maximum atomic E-state index is 11.9. The second-order valence-corrected chi connectivity index (χ2v) is 7.10. The van der Waals surface area contributed by atoms with Gasteiger partial charge in [0.05, 0.1) is 16.9 Å². The molecule has 0 aliphatic heterocycles. The molecule has 0 aromatic heterocycles. The summed E-state index contributed by atoms with van der Waals surface area (Å²) >= 11 is 0. The minimum Gasteiger partial charge on any atom is -0.476 e. The molecule has 0 bridgehead atoms. The normalized spacial score (nSPS) is 11.2. The molecule has 6 N–H and O–H groups in total. The lowest BCUT2D eigenvalue weighted by Gasteiger charge is -2.14. The van der Waals surface area contributed by atoms with Crippen LogP contribution in [0, 0.1) is 11.3 Å². The highest BCUT2D eigenvalue weighted by Crippen LogP contribution is 2.37. The molecule has 7 heteroatoms. The van der Waals surface area contributed by atoms with Crippen LogP contribution in [0.1, 0.15) is 11.1 Å². The van der Waals surface area contributed by atoms with Gasteiger partial charge < -0.3 is 16.6 Å². The smallest absolute Gasteiger partial charge is 0.356 e. The van der Waals surface area contributed by atoms with Gasteiger partial charge in [0.15, 0.2) is 5.71 Å². The number of nitrogen functional groups attached to an aromatic ring is 2. The molecule has 7 nitrogen and oxygen atoms in total. The number of para-hydroxylation sites is 1. The summed E-state index contributed by atoms with van der Waals surface area (Å²) in [5.41, 5.74) is 18.4. The highest BCUT2D eigenvalue weighted by atomic mass is 16.4. The van der Waals surface area contributed by atoms with Crippen molar-refractivity contribution in [3.63, 3.8) is 0 Å². The monoisotopic (exact) mass is 421 g/mol. The van der Waals surface area contributed by atoms with E-state index in [9.17, 15) is 15.2 Å². The molecule has 32 heavy (non-hydrogen) atoms. The first kappa shape index (κ1) is 20.4. The number of benzene rings is 4. The predicted octanol–water partition coefficient (Wildman–Crippen LogP) is 4.44. The lowest BCUT2D eigenvalue weighted by molar-refractivity contribution is -0.129. The van der Waals surface area contributed by atoms with Crippen LogP contribution in [-0.4, -0.2) is 16.8 Å². The minimum absolute atomic E-state index is 0.202. The first-order valence-electron chi connectivity index (χ1n) is 9.73. The van der Waals surface area contributed by atoms with Crippen LogP contribution in [0.3, 0.4) is 0 Å². The van der Waals surface area contributed by atoms with E-state index in [4.69, 9.17) is 11.5 Å². The van der Waals surface area contributed by atoms with E-state index in [1.165, 1.54) is 6.07 Å². The summed E-state index contributed by atoms with van der Waals surface area (Å²) in [6.07, 6.45) is 0. The predicted molar refractivity (Wildman–Crippen MR) is 127 cm³/mol. The van der Waals surface area contributed by atoms with Crippen LogP contribution in [-0.2, 0) is 4.79 Å². The third-order valence-corrected chi connectivity index (χ3v) is 5.05. The van der Waals surface area contributed by atoms with Crippen molar-refractivity contribution in [3.05, 3.63) is 90.0 Å². The first-order chi connectivity index (χ1) is 15.5. The SMILES string of the molecule is N#Cc1c(-c2ccccc2)cc2cc(/C(=N/Nc3ccccc3)C(=O)O)cc(N)c2c1N. The fourth-order valence-electron chi connectivity index (χ4n) is 3.58. The second-order valence-electron chi connectivity index (χ2n) is 7.10. The molecule has 4 aromatic carbocycles. The van der Waals surface area contributed by atoms with Gasteiger partial charge in [-0.05, 0) is 41.3 Å². The molecule has 0 amide bonds. The van der Waals surface area contributed by atoms with Gasteiger partial charge in [0, 0.05) is 22.2 Å². The number of carboxylic acids is 1. The molecule has 0 radical (unpaired) electrons. The standard InChI is InChI=1S/C25H19N5O2/c26-14-20-19(15-7-3-1-4-8-15)12-16-11-17(13-21(27)22(16)23(20)28)24(25(31)32)30-29-18-9-5-2-6-10-18/h1-13,29H,27-28H2,(H,31,32)/b30-24-. The first-order valence-corrected chi connectivity index (χ1v) is 9.73. The van der Waals surface area contributed by atoms with E-state index in [1.807, 2.05) is 48.5 Å². The molecule has 0 saturated heterocycles. The molecule has 4 aromatic rings. The van der Waals surface area contributed by atoms with Gasteiger partial charge in [0.25, 0.3) is 0 Å². The molecule has 0 aliphatic carbocycles. The summed E-state index contributed by atoms with van der Waals surface area (Å²) in [5, 5.41) is 24.7. The number of nitriles is 1. The van der Waals surface area contributed by atoms with Crippen molar-refractivity contribution in [3.8, 4) is 17.2 Å². The highest BCUT2D eigenvalue weighted by Gasteiger charge is 2.19. The summed E-state index contributed by atoms with van der Waals surface area (Å²) in [5.74, 6) is -1.21. The second kappa shape index (κ2) is 8.50. The Balaban J connectivity index is 1.90. The van der Waals surface area contributed by atoms with Crippen molar-refractivity contribution in [2.75, 3.05) is 16.9 Å². The molecular weight excluding hydrogens is 402 g/mol. The van der Waals surface area contributed by atoms with Gasteiger partial charge in [-0.1, -0.05) is 48.5 Å². The van der Waals surface area contributed by atoms with Crippen LogP contribution in [0.25, 0.3) is 21.9 Å². The molecular formula is C25H19N5O2. The summed E-state index contributed by atoms with van der Waals surface area (Å²) in [4.78, 5) is 11.9. The Kier molecular flexibility index (Phi) is 5.43. The fraction of sp³-hybridized carbons (Fsp3) is 0. The molecule has 4 rings (SSSR count). The van der Waals surface area contributed by atoms with Gasteiger partial charge in [0.2, 0.25) is 0 Å². The number of hydrogen-bond donors (Lipinski definition) is 4. The van der Waals surface area contributed by atoms with Crippen molar-refractivity contribution in [1.29, 1.82) is 5.26 Å². The summed E-state index contributed by atoms with van der Waals surface area (Å²) in [6.45, 7) is 0. The van der Waals surface area contributed by atoms with Gasteiger partial charge in [-0.15, -0.1) is 0 Å². The number of hydrogen-bond acceptors (Lipinski definition) is 6. The van der Waals surface area contributed by atoms with E-state index in [-0.39, 0.29) is 17.1 Å². The zero-order valence-electron chi connectivity index (χ0n) is 16.9. The number of fused-ring (bicyclic) bond motifs is 1. The van der Waals surface area contributed by atoms with E-state index in [1.54, 1.807) is 24.3 Å². The minimum atomic E-state index is -1.21. The van der Waals surface area contributed by atoms with E-state index in [2.05, 4.69) is 16.6 Å². The third kappa shape index (κ3) is 3.80. The van der Waals surface area contributed by atoms with Gasteiger partial charge >= 0.3 is 5.97 Å². The Morgan fingerprint density at radius 3 is 2.25 bits per heavy atom. The van der Waals surface area contributed by atoms with E-state index in [0.29, 0.717) is 33.2 Å². The number of aliphatic carboxylic acids is 1. The molecule has 156 valence electrons. The van der Waals surface area contributed by atoms with Crippen LogP contribution in [0.15, 0.2) is 84.0 Å². The molecule has 0 fully saturated rings. The van der Waals surface area contributed by atoms with Crippen molar-refractivity contribution in [2.24, 2.45) is 5.10 Å². The highest BCUT2D eigenvalue weighted by molar-refractivity contribution is 6.43. The third-order valence-electron chi connectivity index (χ3n) is 5.05. The summed E-state index contributed by atoms with van der Waals surface area (Å²) < 4.78 is 0. The maximum absolute atomic E-state index is 11.9. The molecule has 0 unspecified atom stereocenters. The summed E-state index contributed by atoms with van der Waals surface area (Å²) in [7, 11) is 0. The number of anilines is 3. The lowest BCUT2D eigenvalue weighted by atomic mass is 9.92. The molecule has 0 aliphatic rings. The van der Waals surface area contributed by atoms with Crippen LogP contribution in [0.5, 0.6) is 0 Å². The zero-order chi connectivity index (χ0) is 22.7. The average Bonchev–Trinajstić information content (AvgIpc) is 2.80. The number of hydrazone groups is 1. The summed E-state index contributed by atoms with van der Waals surface area (Å²) in [6, 6.07) is 25.5. The van der Waals surface area contributed by atoms with Crippen LogP contribution in [0.4, 0.5) is 17.1 Å². The number of carbonyl (C=O) groups is 1. The van der Waals surface area contributed by atoms with Crippen molar-refractivity contribution >= 4 is 39.5 Å². The zero-order valence-corrected chi connectivity index (χ0v) is 16.9. The Bertz CT molecular complexity index is 1390. The van der Waals surface area contributed by atoms with E-state index in [0.717, 1.165) is 5.56 Å². The molecule has 0 atom stereocenters. The largest absolute Gasteiger partial charge is 0.476 e. The van der Waals surface area contributed by atoms with Gasteiger partial charge in [-0.3, -0.25) is 5.43 Å². The number of rotatable bonds is 5. The van der Waals surface area contributed by atoms with Crippen LogP contribution in [0.2, 0.25) is 0 Å². The quantitative estimate of drug-likeness (QED) is 0.213. The Labute approximate surface area is 184 Å². The Morgan fingerprint density at radius 2 is 1.62 bits per heavy atom. The van der Waals surface area contributed by atoms with E-state index >= 15 is 0 Å². The van der Waals surface area contributed by atoms with Crippen molar-refractivity contribution < 1.29 is 9.90 Å². The number of carboxylic acid groups (broad SMARTS) is 1. The maximum Gasteiger partial charge on any atom is 0.356 e. The van der Waals surface area contributed by atoms with Gasteiger partial charge in [0.1, 0.15) is 6.07 Å². The molecule has 0 heterocycles. The number of nitrogens with two attached hydrogens (primary N) is 2. The van der Waals surface area contributed by atoms with Crippen molar-refractivity contribution in [2.45, 2.75) is 0 Å². The molecule has 0 spiro atoms. The Hall–Kier alpha value is -4.83. The average molecular weight is 421 g/mol. The van der Waals surface area contributed by atoms with Crippen molar-refractivity contribution in [1.82, 2.24) is 0 Å². The van der Waals surface area contributed by atoms with Gasteiger partial charge in [-0.2, -0.15) is 10.4 Å². The number of nitrogens with one attached hydrogen (secondary N) is 1. The Morgan fingerprint density at radius 1 is 0.969 bits per heavy atom. The van der Waals surface area contributed by atoms with E-state index < -0.39 is 5.97 Å². The van der Waals surface area contributed by atoms with Crippen LogP contribution < -0.4 is 16.9 Å². The topological polar surface area (TPSA) is 138 Å². The lowest BCUT2D eigenvalue weighted by Crippen LogP contribution is -2.17. The van der Waals surface area contributed by atoms with Gasteiger partial charge in [-0.25, -0.2) is 4.79 Å². The number of nitrogens with zero attached hydrogens (tertiary/aromatic N) is 2. The fourth-order valence-corrected chi connectivity index (χ4v) is 3.58. The molecule has 0 saturated carbocycles.